The lowest BCUT2D eigenvalue weighted by molar-refractivity contribution is 0.00317. The predicted octanol–water partition coefficient (Wildman–Crippen LogP) is 1.93. The molecular formula is C11H23NO. The number of rotatable bonds is 6. The van der Waals surface area contributed by atoms with Crippen molar-refractivity contribution in [3.05, 3.63) is 0 Å². The lowest BCUT2D eigenvalue weighted by atomic mass is 9.87. The molecule has 1 fully saturated rings. The molecule has 78 valence electrons. The molecule has 2 unspecified atom stereocenters. The molecule has 1 saturated carbocycles. The Balaban J connectivity index is 2.24. The molecule has 0 aromatic carbocycles. The Bertz CT molecular complexity index is 152. The Morgan fingerprint density at radius 3 is 2.62 bits per heavy atom. The molecule has 1 aliphatic rings. The van der Waals surface area contributed by atoms with E-state index in [0.717, 1.165) is 19.4 Å². The first kappa shape index (κ1) is 11.0. The molecule has 0 bridgehead atoms. The second-order valence-electron chi connectivity index (χ2n) is 4.70. The summed E-state index contributed by atoms with van der Waals surface area (Å²) >= 11 is 0. The smallest absolute Gasteiger partial charge is 0.0769 e. The zero-order valence-electron chi connectivity index (χ0n) is 9.14. The van der Waals surface area contributed by atoms with Crippen molar-refractivity contribution >= 4 is 0 Å². The Morgan fingerprint density at radius 2 is 2.15 bits per heavy atom. The molecule has 0 amide bonds. The molecule has 2 heteroatoms. The van der Waals surface area contributed by atoms with Gasteiger partial charge in [0.05, 0.1) is 5.60 Å². The minimum atomic E-state index is -0.529. The summed E-state index contributed by atoms with van der Waals surface area (Å²) in [5, 5.41) is 13.5. The van der Waals surface area contributed by atoms with E-state index in [4.69, 9.17) is 0 Å². The van der Waals surface area contributed by atoms with E-state index < -0.39 is 5.60 Å². The van der Waals surface area contributed by atoms with E-state index in [1.807, 2.05) is 6.92 Å². The maximum atomic E-state index is 10.1. The summed E-state index contributed by atoms with van der Waals surface area (Å²) in [6.07, 6.45) is 4.84. The zero-order chi connectivity index (χ0) is 9.90. The van der Waals surface area contributed by atoms with Gasteiger partial charge in [0.15, 0.2) is 0 Å². The summed E-state index contributed by atoms with van der Waals surface area (Å²) < 4.78 is 0. The summed E-state index contributed by atoms with van der Waals surface area (Å²) in [5.41, 5.74) is -0.529. The summed E-state index contributed by atoms with van der Waals surface area (Å²) in [6.45, 7) is 7.00. The van der Waals surface area contributed by atoms with E-state index in [1.165, 1.54) is 12.8 Å². The maximum Gasteiger partial charge on any atom is 0.0769 e. The number of hydrogen-bond donors (Lipinski definition) is 2. The molecule has 1 rings (SSSR count). The number of nitrogens with one attached hydrogen (secondary N) is 1. The third kappa shape index (κ3) is 3.65. The standard InChI is InChI=1S/C11H23NO/c1-4-5-9(2)11(3,13)8-12-10-6-7-10/h9-10,12-13H,4-8H2,1-3H3. The van der Waals surface area contributed by atoms with Gasteiger partial charge in [-0.1, -0.05) is 20.3 Å². The second-order valence-corrected chi connectivity index (χ2v) is 4.70. The molecule has 2 nitrogen and oxygen atoms in total. The fourth-order valence-electron chi connectivity index (χ4n) is 1.56. The molecular weight excluding hydrogens is 162 g/mol. The quantitative estimate of drug-likeness (QED) is 0.662. The highest BCUT2D eigenvalue weighted by atomic mass is 16.3. The minimum Gasteiger partial charge on any atom is -0.389 e. The fraction of sp³-hybridized carbons (Fsp3) is 1.00. The zero-order valence-corrected chi connectivity index (χ0v) is 9.14. The van der Waals surface area contributed by atoms with E-state index in [2.05, 4.69) is 19.2 Å². The summed E-state index contributed by atoms with van der Waals surface area (Å²) in [4.78, 5) is 0. The van der Waals surface area contributed by atoms with Crippen molar-refractivity contribution in [2.45, 2.75) is 58.1 Å². The molecule has 0 radical (unpaired) electrons. The van der Waals surface area contributed by atoms with Gasteiger partial charge >= 0.3 is 0 Å². The highest BCUT2D eigenvalue weighted by Gasteiger charge is 2.30. The van der Waals surface area contributed by atoms with Crippen molar-refractivity contribution in [2.24, 2.45) is 5.92 Å². The highest BCUT2D eigenvalue weighted by Crippen LogP contribution is 2.24. The third-order valence-electron chi connectivity index (χ3n) is 3.11. The van der Waals surface area contributed by atoms with Crippen LogP contribution < -0.4 is 5.32 Å². The van der Waals surface area contributed by atoms with Gasteiger partial charge in [0.2, 0.25) is 0 Å². The van der Waals surface area contributed by atoms with Crippen LogP contribution >= 0.6 is 0 Å². The van der Waals surface area contributed by atoms with Crippen molar-refractivity contribution in [2.75, 3.05) is 6.54 Å². The van der Waals surface area contributed by atoms with Gasteiger partial charge in [-0.05, 0) is 32.1 Å². The van der Waals surface area contributed by atoms with Gasteiger partial charge in [-0.3, -0.25) is 0 Å². The van der Waals surface area contributed by atoms with E-state index in [-0.39, 0.29) is 0 Å². The Kier molecular flexibility index (Phi) is 3.74. The van der Waals surface area contributed by atoms with Crippen LogP contribution in [-0.2, 0) is 0 Å². The molecule has 0 spiro atoms. The van der Waals surface area contributed by atoms with E-state index >= 15 is 0 Å². The molecule has 0 aliphatic heterocycles. The van der Waals surface area contributed by atoms with Gasteiger partial charge in [0.1, 0.15) is 0 Å². The highest BCUT2D eigenvalue weighted by molar-refractivity contribution is 4.87. The topological polar surface area (TPSA) is 32.3 Å². The van der Waals surface area contributed by atoms with Crippen molar-refractivity contribution in [3.8, 4) is 0 Å². The fourth-order valence-corrected chi connectivity index (χ4v) is 1.56. The van der Waals surface area contributed by atoms with Crippen LogP contribution in [0.15, 0.2) is 0 Å². The summed E-state index contributed by atoms with van der Waals surface area (Å²) in [7, 11) is 0. The maximum absolute atomic E-state index is 10.1. The summed E-state index contributed by atoms with van der Waals surface area (Å²) in [5.74, 6) is 0.392. The van der Waals surface area contributed by atoms with Crippen molar-refractivity contribution in [3.63, 3.8) is 0 Å². The monoisotopic (exact) mass is 185 g/mol. The molecule has 0 heterocycles. The molecule has 1 aliphatic carbocycles. The van der Waals surface area contributed by atoms with E-state index in [1.54, 1.807) is 0 Å². The van der Waals surface area contributed by atoms with Crippen LogP contribution in [0.1, 0.15) is 46.5 Å². The van der Waals surface area contributed by atoms with Gasteiger partial charge in [-0.25, -0.2) is 0 Å². The lowest BCUT2D eigenvalue weighted by Crippen LogP contribution is -2.43. The van der Waals surface area contributed by atoms with Crippen LogP contribution in [0, 0.1) is 5.92 Å². The largest absolute Gasteiger partial charge is 0.389 e. The summed E-state index contributed by atoms with van der Waals surface area (Å²) in [6, 6.07) is 0.695. The number of hydrogen-bond acceptors (Lipinski definition) is 2. The first-order valence-corrected chi connectivity index (χ1v) is 5.52. The van der Waals surface area contributed by atoms with Gasteiger partial charge in [-0.15, -0.1) is 0 Å². The van der Waals surface area contributed by atoms with Crippen molar-refractivity contribution in [1.29, 1.82) is 0 Å². The Morgan fingerprint density at radius 1 is 1.54 bits per heavy atom. The molecule has 2 N–H and O–H groups in total. The van der Waals surface area contributed by atoms with E-state index in [9.17, 15) is 5.11 Å². The lowest BCUT2D eigenvalue weighted by Gasteiger charge is -2.30. The molecule has 0 aromatic rings. The predicted molar refractivity (Wildman–Crippen MR) is 55.7 cm³/mol. The normalized spacial score (nSPS) is 24.0. The number of aliphatic hydroxyl groups is 1. The van der Waals surface area contributed by atoms with Crippen LogP contribution in [0.3, 0.4) is 0 Å². The van der Waals surface area contributed by atoms with Gasteiger partial charge in [0.25, 0.3) is 0 Å². The SMILES string of the molecule is CCCC(C)C(C)(O)CNC1CC1. The van der Waals surface area contributed by atoms with Crippen LogP contribution in [0.5, 0.6) is 0 Å². The Hall–Kier alpha value is -0.0800. The van der Waals surface area contributed by atoms with Crippen LogP contribution in [0.2, 0.25) is 0 Å². The minimum absolute atomic E-state index is 0.392. The van der Waals surface area contributed by atoms with Crippen LogP contribution in [-0.4, -0.2) is 23.3 Å². The first-order chi connectivity index (χ1) is 6.06. The Labute approximate surface area is 81.7 Å². The van der Waals surface area contributed by atoms with Crippen LogP contribution in [0.25, 0.3) is 0 Å². The van der Waals surface area contributed by atoms with Crippen LogP contribution in [0.4, 0.5) is 0 Å². The van der Waals surface area contributed by atoms with E-state index in [0.29, 0.717) is 12.0 Å². The molecule has 0 aromatic heterocycles. The van der Waals surface area contributed by atoms with Crippen molar-refractivity contribution < 1.29 is 5.11 Å². The molecule has 2 atom stereocenters. The second kappa shape index (κ2) is 4.43. The van der Waals surface area contributed by atoms with Gasteiger partial charge < -0.3 is 10.4 Å². The van der Waals surface area contributed by atoms with Crippen molar-refractivity contribution in [1.82, 2.24) is 5.32 Å². The average molecular weight is 185 g/mol. The molecule has 13 heavy (non-hydrogen) atoms. The first-order valence-electron chi connectivity index (χ1n) is 5.52. The van der Waals surface area contributed by atoms with Gasteiger partial charge in [0, 0.05) is 12.6 Å². The van der Waals surface area contributed by atoms with Gasteiger partial charge in [-0.2, -0.15) is 0 Å². The average Bonchev–Trinajstić information content (AvgIpc) is 2.84. The molecule has 0 saturated heterocycles. The third-order valence-corrected chi connectivity index (χ3v) is 3.11.